The molecule has 2 aromatic rings. The standard InChI is InChI=1S/C12H10.Ga.3H/c1-3-7-11(8-4-1)12-9-5-2-6-10-12;;;;/h1-10H;;;;. The number of rotatable bonds is 1. The molecule has 2 aromatic carbocycles. The van der Waals surface area contributed by atoms with Gasteiger partial charge in [-0.3, -0.25) is 0 Å². The summed E-state index contributed by atoms with van der Waals surface area (Å²) in [6, 6.07) is 20.8. The molecule has 13 heavy (non-hydrogen) atoms. The van der Waals surface area contributed by atoms with Crippen molar-refractivity contribution in [1.29, 1.82) is 0 Å². The van der Waals surface area contributed by atoms with Crippen LogP contribution in [-0.4, -0.2) is 19.8 Å². The Hall–Kier alpha value is -0.924. The van der Waals surface area contributed by atoms with E-state index in [1.165, 1.54) is 11.1 Å². The fraction of sp³-hybridized carbons (Fsp3) is 0. The molecular formula is C12H13Ga. The van der Waals surface area contributed by atoms with E-state index in [1.54, 1.807) is 0 Å². The zero-order valence-corrected chi connectivity index (χ0v) is 6.77. The quantitative estimate of drug-likeness (QED) is 0.655. The fourth-order valence-electron chi connectivity index (χ4n) is 1.26. The first-order chi connectivity index (χ1) is 5.97. The molecule has 2 rings (SSSR count). The molecule has 0 bridgehead atoms. The molecule has 64 valence electrons. The van der Waals surface area contributed by atoms with Crippen LogP contribution < -0.4 is 0 Å². The van der Waals surface area contributed by atoms with Crippen molar-refractivity contribution in [2.24, 2.45) is 0 Å². The molecule has 0 fully saturated rings. The monoisotopic (exact) mass is 226 g/mol. The summed E-state index contributed by atoms with van der Waals surface area (Å²) in [7, 11) is 0. The van der Waals surface area contributed by atoms with Crippen LogP contribution in [-0.2, 0) is 0 Å². The molecule has 0 radical (unpaired) electrons. The van der Waals surface area contributed by atoms with Crippen molar-refractivity contribution in [2.75, 3.05) is 0 Å². The molecule has 0 aromatic heterocycles. The SMILES string of the molecule is [GaH3].c1ccc(-c2ccccc2)cc1. The van der Waals surface area contributed by atoms with E-state index in [2.05, 4.69) is 48.5 Å². The van der Waals surface area contributed by atoms with Crippen molar-refractivity contribution in [3.8, 4) is 11.1 Å². The summed E-state index contributed by atoms with van der Waals surface area (Å²) in [6.07, 6.45) is 0. The maximum Gasteiger partial charge on any atom is -0.0184 e. The molecule has 0 aliphatic heterocycles. The van der Waals surface area contributed by atoms with E-state index in [0.717, 1.165) is 0 Å². The second-order valence-corrected chi connectivity index (χ2v) is 2.73. The number of hydrogen-bond donors (Lipinski definition) is 0. The van der Waals surface area contributed by atoms with Gasteiger partial charge in [-0.05, 0) is 11.1 Å². The van der Waals surface area contributed by atoms with Crippen LogP contribution in [0, 0.1) is 0 Å². The maximum absolute atomic E-state index is 2.12. The van der Waals surface area contributed by atoms with Crippen LogP contribution in [0.1, 0.15) is 0 Å². The summed E-state index contributed by atoms with van der Waals surface area (Å²) in [6.45, 7) is 0. The number of hydrogen-bond acceptors (Lipinski definition) is 0. The van der Waals surface area contributed by atoms with Crippen LogP contribution in [0.25, 0.3) is 11.1 Å². The molecule has 0 unspecified atom stereocenters. The van der Waals surface area contributed by atoms with Gasteiger partial charge in [0, 0.05) is 0 Å². The van der Waals surface area contributed by atoms with E-state index < -0.39 is 0 Å². The van der Waals surface area contributed by atoms with Crippen molar-refractivity contribution in [3.05, 3.63) is 60.7 Å². The molecule has 0 saturated carbocycles. The van der Waals surface area contributed by atoms with E-state index in [4.69, 9.17) is 0 Å². The molecular weight excluding hydrogens is 214 g/mol. The van der Waals surface area contributed by atoms with E-state index in [0.29, 0.717) is 0 Å². The largest absolute Gasteiger partial charge is 0.0622 e. The van der Waals surface area contributed by atoms with Gasteiger partial charge in [-0.1, -0.05) is 60.7 Å². The third-order valence-electron chi connectivity index (χ3n) is 1.88. The Bertz CT molecular complexity index is 303. The Morgan fingerprint density at radius 1 is 0.462 bits per heavy atom. The summed E-state index contributed by atoms with van der Waals surface area (Å²) < 4.78 is 0. The first-order valence-electron chi connectivity index (χ1n) is 4.07. The van der Waals surface area contributed by atoms with Gasteiger partial charge in [-0.25, -0.2) is 0 Å². The molecule has 0 amide bonds. The average Bonchev–Trinajstić information content (AvgIpc) is 2.21. The molecule has 0 atom stereocenters. The minimum absolute atomic E-state index is 0. The minimum atomic E-state index is 0. The summed E-state index contributed by atoms with van der Waals surface area (Å²) in [4.78, 5) is 0. The number of benzene rings is 2. The van der Waals surface area contributed by atoms with Gasteiger partial charge in [0.25, 0.3) is 0 Å². The zero-order valence-electron chi connectivity index (χ0n) is 6.77. The topological polar surface area (TPSA) is 0 Å². The third kappa shape index (κ3) is 2.51. The van der Waals surface area contributed by atoms with Gasteiger partial charge in [-0.2, -0.15) is 0 Å². The molecule has 0 nitrogen and oxygen atoms in total. The Morgan fingerprint density at radius 3 is 1.08 bits per heavy atom. The van der Waals surface area contributed by atoms with E-state index in [1.807, 2.05) is 12.1 Å². The Balaban J connectivity index is 0.000000845. The normalized spacial score (nSPS) is 8.92. The van der Waals surface area contributed by atoms with Crippen LogP contribution in [0.2, 0.25) is 0 Å². The molecule has 0 heterocycles. The van der Waals surface area contributed by atoms with Gasteiger partial charge in [-0.15, -0.1) is 0 Å². The van der Waals surface area contributed by atoms with Gasteiger partial charge in [0.2, 0.25) is 0 Å². The summed E-state index contributed by atoms with van der Waals surface area (Å²) >= 11 is 0. The minimum Gasteiger partial charge on any atom is -0.0622 e. The second-order valence-electron chi connectivity index (χ2n) is 2.73. The van der Waals surface area contributed by atoms with Crippen molar-refractivity contribution in [2.45, 2.75) is 0 Å². The molecule has 0 N–H and O–H groups in total. The molecule has 1 heteroatoms. The van der Waals surface area contributed by atoms with E-state index >= 15 is 0 Å². The Morgan fingerprint density at radius 2 is 0.769 bits per heavy atom. The van der Waals surface area contributed by atoms with Crippen molar-refractivity contribution in [3.63, 3.8) is 0 Å². The molecule has 0 saturated heterocycles. The fourth-order valence-corrected chi connectivity index (χ4v) is 1.26. The van der Waals surface area contributed by atoms with E-state index in [-0.39, 0.29) is 19.8 Å². The van der Waals surface area contributed by atoms with Crippen LogP contribution in [0.15, 0.2) is 60.7 Å². The Labute approximate surface area is 91.7 Å². The smallest absolute Gasteiger partial charge is 0.0184 e. The van der Waals surface area contributed by atoms with Gasteiger partial charge in [0.05, 0.1) is 0 Å². The van der Waals surface area contributed by atoms with Crippen molar-refractivity contribution in [1.82, 2.24) is 0 Å². The van der Waals surface area contributed by atoms with Crippen molar-refractivity contribution >= 4 is 19.8 Å². The van der Waals surface area contributed by atoms with Crippen LogP contribution >= 0.6 is 0 Å². The average molecular weight is 227 g/mol. The van der Waals surface area contributed by atoms with Gasteiger partial charge in [0.1, 0.15) is 0 Å². The molecule has 0 aliphatic carbocycles. The maximum atomic E-state index is 2.12. The van der Waals surface area contributed by atoms with Gasteiger partial charge in [0.15, 0.2) is 0 Å². The Kier molecular flexibility index (Phi) is 3.87. The first kappa shape index (κ1) is 10.2. The van der Waals surface area contributed by atoms with Crippen LogP contribution in [0.4, 0.5) is 0 Å². The second kappa shape index (κ2) is 4.95. The zero-order chi connectivity index (χ0) is 8.23. The summed E-state index contributed by atoms with van der Waals surface area (Å²) in [5, 5.41) is 0. The summed E-state index contributed by atoms with van der Waals surface area (Å²) in [5.41, 5.74) is 2.55. The van der Waals surface area contributed by atoms with Gasteiger partial charge < -0.3 is 0 Å². The first-order valence-corrected chi connectivity index (χ1v) is 4.07. The predicted molar refractivity (Wildman–Crippen MR) is 61.8 cm³/mol. The predicted octanol–water partition coefficient (Wildman–Crippen LogP) is 2.17. The summed E-state index contributed by atoms with van der Waals surface area (Å²) in [5.74, 6) is 0. The van der Waals surface area contributed by atoms with Crippen LogP contribution in [0.3, 0.4) is 0 Å². The van der Waals surface area contributed by atoms with Gasteiger partial charge >= 0.3 is 19.8 Å². The molecule has 0 spiro atoms. The van der Waals surface area contributed by atoms with E-state index in [9.17, 15) is 0 Å². The molecule has 0 aliphatic rings. The van der Waals surface area contributed by atoms with Crippen LogP contribution in [0.5, 0.6) is 0 Å². The van der Waals surface area contributed by atoms with Crippen molar-refractivity contribution < 1.29 is 0 Å². The third-order valence-corrected chi connectivity index (χ3v) is 1.88.